The van der Waals surface area contributed by atoms with E-state index in [0.717, 1.165) is 28.0 Å². The first-order valence-corrected chi connectivity index (χ1v) is 8.05. The molecule has 0 atom stereocenters. The number of thioether (sulfide) groups is 1. The average Bonchev–Trinajstić information content (AvgIpc) is 2.43. The summed E-state index contributed by atoms with van der Waals surface area (Å²) < 4.78 is 6.97. The third kappa shape index (κ3) is 4.00. The Morgan fingerprint density at radius 3 is 2.53 bits per heavy atom. The Bertz CT molecular complexity index is 542. The summed E-state index contributed by atoms with van der Waals surface area (Å²) in [6.45, 7) is 0.609. The summed E-state index contributed by atoms with van der Waals surface area (Å²) in [5, 5.41) is 0. The largest absolute Gasteiger partial charge is 0.457 e. The Morgan fingerprint density at radius 2 is 1.89 bits per heavy atom. The molecule has 4 heteroatoms. The molecule has 0 saturated heterocycles. The summed E-state index contributed by atoms with van der Waals surface area (Å²) >= 11 is 5.19. The fraction of sp³-hybridized carbons (Fsp3) is 0.200. The third-order valence-electron chi connectivity index (χ3n) is 2.72. The highest BCUT2D eigenvalue weighted by atomic mass is 79.9. The number of nitrogens with two attached hydrogens (primary N) is 1. The van der Waals surface area contributed by atoms with Crippen LogP contribution in [0.25, 0.3) is 0 Å². The number of rotatable bonds is 5. The van der Waals surface area contributed by atoms with E-state index < -0.39 is 0 Å². The van der Waals surface area contributed by atoms with Gasteiger partial charge in [0.2, 0.25) is 0 Å². The number of benzene rings is 2. The van der Waals surface area contributed by atoms with Gasteiger partial charge in [-0.2, -0.15) is 0 Å². The van der Waals surface area contributed by atoms with Crippen LogP contribution in [-0.4, -0.2) is 12.8 Å². The van der Waals surface area contributed by atoms with E-state index in [9.17, 15) is 0 Å². The predicted octanol–water partition coefficient (Wildman–Crippen LogP) is 4.46. The zero-order valence-corrected chi connectivity index (χ0v) is 13.1. The Labute approximate surface area is 126 Å². The third-order valence-corrected chi connectivity index (χ3v) is 3.96. The van der Waals surface area contributed by atoms with Crippen LogP contribution in [0.4, 0.5) is 0 Å². The molecule has 0 aliphatic heterocycles. The van der Waals surface area contributed by atoms with Crippen molar-refractivity contribution in [3.63, 3.8) is 0 Å². The van der Waals surface area contributed by atoms with E-state index in [4.69, 9.17) is 10.5 Å². The zero-order chi connectivity index (χ0) is 13.7. The summed E-state index contributed by atoms with van der Waals surface area (Å²) in [6, 6.07) is 14.1. The lowest BCUT2D eigenvalue weighted by Crippen LogP contribution is -2.04. The first-order valence-electron chi connectivity index (χ1n) is 6.03. The molecule has 19 heavy (non-hydrogen) atoms. The molecule has 0 aliphatic rings. The van der Waals surface area contributed by atoms with Gasteiger partial charge < -0.3 is 10.5 Å². The highest BCUT2D eigenvalue weighted by Gasteiger charge is 2.05. The molecule has 2 aromatic rings. The van der Waals surface area contributed by atoms with Crippen molar-refractivity contribution < 1.29 is 4.74 Å². The molecule has 0 aliphatic carbocycles. The lowest BCUT2D eigenvalue weighted by Gasteiger charge is -2.11. The molecule has 0 bridgehead atoms. The van der Waals surface area contributed by atoms with Gasteiger partial charge in [0.05, 0.1) is 0 Å². The molecule has 0 heterocycles. The minimum absolute atomic E-state index is 0.609. The molecule has 0 amide bonds. The average molecular weight is 338 g/mol. The van der Waals surface area contributed by atoms with Crippen molar-refractivity contribution in [1.82, 2.24) is 0 Å². The minimum atomic E-state index is 0.609. The molecular formula is C15H16BrNOS. The number of ether oxygens (including phenoxy) is 1. The van der Waals surface area contributed by atoms with Crippen LogP contribution in [0.15, 0.2) is 51.8 Å². The first kappa shape index (κ1) is 14.4. The van der Waals surface area contributed by atoms with Crippen LogP contribution >= 0.6 is 27.7 Å². The van der Waals surface area contributed by atoms with E-state index >= 15 is 0 Å². The van der Waals surface area contributed by atoms with E-state index in [0.29, 0.717) is 6.54 Å². The second-order valence-corrected chi connectivity index (χ2v) is 5.86. The van der Waals surface area contributed by atoms with Gasteiger partial charge in [0, 0.05) is 9.37 Å². The second kappa shape index (κ2) is 6.98. The smallest absolute Gasteiger partial charge is 0.130 e. The first-order chi connectivity index (χ1) is 9.22. The van der Waals surface area contributed by atoms with Gasteiger partial charge in [-0.25, -0.2) is 0 Å². The quantitative estimate of drug-likeness (QED) is 0.818. The van der Waals surface area contributed by atoms with Crippen LogP contribution in [0.3, 0.4) is 0 Å². The van der Waals surface area contributed by atoms with Crippen molar-refractivity contribution in [2.45, 2.75) is 11.3 Å². The van der Waals surface area contributed by atoms with Gasteiger partial charge in [-0.3, -0.25) is 0 Å². The Hall–Kier alpha value is -0.970. The van der Waals surface area contributed by atoms with Crippen LogP contribution < -0.4 is 10.5 Å². The highest BCUT2D eigenvalue weighted by Crippen LogP contribution is 2.29. The molecule has 0 aromatic heterocycles. The van der Waals surface area contributed by atoms with E-state index in [1.165, 1.54) is 4.90 Å². The van der Waals surface area contributed by atoms with E-state index in [-0.39, 0.29) is 0 Å². The standard InChI is InChI=1S/C15H16BrNOS/c1-19-14-5-3-13(4-6-14)18-15-7-2-12(16)10-11(15)8-9-17/h2-7,10H,8-9,17H2,1H3. The minimum Gasteiger partial charge on any atom is -0.457 e. The van der Waals surface area contributed by atoms with Crippen molar-refractivity contribution in [2.24, 2.45) is 5.73 Å². The summed E-state index contributed by atoms with van der Waals surface area (Å²) in [4.78, 5) is 1.23. The van der Waals surface area contributed by atoms with Crippen LogP contribution in [-0.2, 0) is 6.42 Å². The molecule has 2 N–H and O–H groups in total. The van der Waals surface area contributed by atoms with E-state index in [2.05, 4.69) is 40.4 Å². The summed E-state index contributed by atoms with van der Waals surface area (Å²) in [5.74, 6) is 1.71. The molecule has 0 unspecified atom stereocenters. The van der Waals surface area contributed by atoms with Crippen molar-refractivity contribution in [3.8, 4) is 11.5 Å². The monoisotopic (exact) mass is 337 g/mol. The van der Waals surface area contributed by atoms with Crippen LogP contribution in [0.5, 0.6) is 11.5 Å². The molecule has 0 spiro atoms. The maximum Gasteiger partial charge on any atom is 0.130 e. The Morgan fingerprint density at radius 1 is 1.16 bits per heavy atom. The summed E-state index contributed by atoms with van der Waals surface area (Å²) in [5.41, 5.74) is 6.75. The van der Waals surface area contributed by atoms with Crippen molar-refractivity contribution in [2.75, 3.05) is 12.8 Å². The fourth-order valence-corrected chi connectivity index (χ4v) is 2.59. The predicted molar refractivity (Wildman–Crippen MR) is 85.2 cm³/mol. The Balaban J connectivity index is 2.21. The normalized spacial score (nSPS) is 10.5. The molecule has 0 saturated carbocycles. The van der Waals surface area contributed by atoms with Gasteiger partial charge in [0.1, 0.15) is 11.5 Å². The fourth-order valence-electron chi connectivity index (χ4n) is 1.77. The molecule has 2 nitrogen and oxygen atoms in total. The molecule has 100 valence electrons. The van der Waals surface area contributed by atoms with Gasteiger partial charge in [0.25, 0.3) is 0 Å². The van der Waals surface area contributed by atoms with Gasteiger partial charge >= 0.3 is 0 Å². The number of hydrogen-bond acceptors (Lipinski definition) is 3. The van der Waals surface area contributed by atoms with Gasteiger partial charge in [-0.05, 0) is 67.2 Å². The van der Waals surface area contributed by atoms with Crippen molar-refractivity contribution in [1.29, 1.82) is 0 Å². The van der Waals surface area contributed by atoms with Crippen molar-refractivity contribution >= 4 is 27.7 Å². The Kier molecular flexibility index (Phi) is 5.31. The maximum atomic E-state index is 5.93. The van der Waals surface area contributed by atoms with Crippen LogP contribution in [0, 0.1) is 0 Å². The lowest BCUT2D eigenvalue weighted by atomic mass is 10.1. The number of halogens is 1. The number of hydrogen-bond donors (Lipinski definition) is 1. The molecule has 0 radical (unpaired) electrons. The molecular weight excluding hydrogens is 322 g/mol. The SMILES string of the molecule is CSc1ccc(Oc2ccc(Br)cc2CCN)cc1. The molecule has 0 fully saturated rings. The van der Waals surface area contributed by atoms with Gasteiger partial charge in [-0.1, -0.05) is 15.9 Å². The van der Waals surface area contributed by atoms with Crippen LogP contribution in [0.2, 0.25) is 0 Å². The highest BCUT2D eigenvalue weighted by molar-refractivity contribution is 9.10. The topological polar surface area (TPSA) is 35.2 Å². The second-order valence-electron chi connectivity index (χ2n) is 4.07. The maximum absolute atomic E-state index is 5.93. The van der Waals surface area contributed by atoms with Gasteiger partial charge in [-0.15, -0.1) is 11.8 Å². The zero-order valence-electron chi connectivity index (χ0n) is 10.7. The van der Waals surface area contributed by atoms with Crippen molar-refractivity contribution in [3.05, 3.63) is 52.5 Å². The van der Waals surface area contributed by atoms with Crippen LogP contribution in [0.1, 0.15) is 5.56 Å². The molecule has 2 rings (SSSR count). The van der Waals surface area contributed by atoms with Gasteiger partial charge in [0.15, 0.2) is 0 Å². The summed E-state index contributed by atoms with van der Waals surface area (Å²) in [7, 11) is 0. The van der Waals surface area contributed by atoms with E-state index in [1.807, 2.05) is 24.3 Å². The van der Waals surface area contributed by atoms with E-state index in [1.54, 1.807) is 11.8 Å². The molecule has 2 aromatic carbocycles. The lowest BCUT2D eigenvalue weighted by molar-refractivity contribution is 0.475. The summed E-state index contributed by atoms with van der Waals surface area (Å²) in [6.07, 6.45) is 2.86.